The van der Waals surface area contributed by atoms with Crippen LogP contribution in [0.15, 0.2) is 35.6 Å². The Bertz CT molecular complexity index is 660. The number of halogens is 1. The SMILES string of the molecule is CC(=O)C1=C(O)C(=O)N(CCCNCCO)[C@H]1c1cccc(F)c1. The molecular weight excluding hydrogens is 315 g/mol. The second-order valence-corrected chi connectivity index (χ2v) is 5.60. The minimum absolute atomic E-state index is 0.00563. The first kappa shape index (κ1) is 18.1. The minimum Gasteiger partial charge on any atom is -0.503 e. The number of carbonyl (C=O) groups is 2. The quantitative estimate of drug-likeness (QED) is 0.618. The van der Waals surface area contributed by atoms with Gasteiger partial charge in [-0.1, -0.05) is 12.1 Å². The smallest absolute Gasteiger partial charge is 0.290 e. The van der Waals surface area contributed by atoms with Gasteiger partial charge in [-0.15, -0.1) is 0 Å². The van der Waals surface area contributed by atoms with Gasteiger partial charge >= 0.3 is 0 Å². The van der Waals surface area contributed by atoms with E-state index < -0.39 is 29.3 Å². The number of amides is 1. The van der Waals surface area contributed by atoms with Gasteiger partial charge in [-0.05, 0) is 37.6 Å². The van der Waals surface area contributed by atoms with E-state index in [1.807, 2.05) is 0 Å². The number of Topliss-reactive ketones (excluding diaryl/α,β-unsaturated/α-hetero) is 1. The molecule has 3 N–H and O–H groups in total. The zero-order valence-corrected chi connectivity index (χ0v) is 13.5. The van der Waals surface area contributed by atoms with Crippen LogP contribution in [0.2, 0.25) is 0 Å². The molecule has 7 heteroatoms. The molecule has 1 aliphatic heterocycles. The summed E-state index contributed by atoms with van der Waals surface area (Å²) in [6, 6.07) is 4.88. The zero-order valence-electron chi connectivity index (χ0n) is 13.5. The maximum absolute atomic E-state index is 13.6. The van der Waals surface area contributed by atoms with Crippen molar-refractivity contribution >= 4 is 11.7 Å². The summed E-state index contributed by atoms with van der Waals surface area (Å²) in [4.78, 5) is 25.6. The summed E-state index contributed by atoms with van der Waals surface area (Å²) in [5.41, 5.74) is 0.440. The molecule has 0 unspecified atom stereocenters. The number of benzene rings is 1. The van der Waals surface area contributed by atoms with Crippen molar-refractivity contribution in [2.45, 2.75) is 19.4 Å². The Kier molecular flexibility index (Phi) is 6.05. The molecule has 6 nitrogen and oxygen atoms in total. The molecule has 0 saturated heterocycles. The molecule has 0 bridgehead atoms. The number of hydrogen-bond donors (Lipinski definition) is 3. The zero-order chi connectivity index (χ0) is 17.7. The van der Waals surface area contributed by atoms with Gasteiger partial charge in [-0.3, -0.25) is 9.59 Å². The van der Waals surface area contributed by atoms with Gasteiger partial charge in [0.1, 0.15) is 5.82 Å². The molecule has 2 rings (SSSR count). The van der Waals surface area contributed by atoms with Crippen LogP contribution in [0.1, 0.15) is 24.9 Å². The molecule has 0 saturated carbocycles. The van der Waals surface area contributed by atoms with E-state index in [9.17, 15) is 19.1 Å². The molecule has 1 amide bonds. The third-order valence-electron chi connectivity index (χ3n) is 3.89. The van der Waals surface area contributed by atoms with Crippen molar-refractivity contribution in [2.75, 3.05) is 26.2 Å². The predicted molar refractivity (Wildman–Crippen MR) is 85.8 cm³/mol. The van der Waals surface area contributed by atoms with Gasteiger partial charge in [0.05, 0.1) is 18.2 Å². The molecule has 1 atom stereocenters. The molecule has 1 aromatic rings. The second-order valence-electron chi connectivity index (χ2n) is 5.60. The summed E-state index contributed by atoms with van der Waals surface area (Å²) >= 11 is 0. The van der Waals surface area contributed by atoms with Crippen LogP contribution in [0.25, 0.3) is 0 Å². The van der Waals surface area contributed by atoms with Gasteiger partial charge in [0.15, 0.2) is 11.5 Å². The van der Waals surface area contributed by atoms with Crippen LogP contribution in [0.4, 0.5) is 4.39 Å². The highest BCUT2D eigenvalue weighted by molar-refractivity contribution is 6.08. The summed E-state index contributed by atoms with van der Waals surface area (Å²) in [7, 11) is 0. The van der Waals surface area contributed by atoms with Crippen molar-refractivity contribution in [2.24, 2.45) is 0 Å². The Morgan fingerprint density at radius 2 is 2.12 bits per heavy atom. The lowest BCUT2D eigenvalue weighted by Crippen LogP contribution is -2.33. The number of aliphatic hydroxyl groups excluding tert-OH is 2. The van der Waals surface area contributed by atoms with Crippen LogP contribution in [-0.4, -0.2) is 53.0 Å². The van der Waals surface area contributed by atoms with Crippen molar-refractivity contribution in [3.63, 3.8) is 0 Å². The average Bonchev–Trinajstić information content (AvgIpc) is 2.79. The highest BCUT2D eigenvalue weighted by Crippen LogP contribution is 2.37. The molecule has 1 heterocycles. The summed E-state index contributed by atoms with van der Waals surface area (Å²) in [6.45, 7) is 2.60. The van der Waals surface area contributed by atoms with Gasteiger partial charge in [0.25, 0.3) is 5.91 Å². The molecule has 1 aliphatic rings. The Labute approximate surface area is 139 Å². The average molecular weight is 336 g/mol. The summed E-state index contributed by atoms with van der Waals surface area (Å²) in [5.74, 6) is -2.09. The van der Waals surface area contributed by atoms with E-state index in [-0.39, 0.29) is 12.2 Å². The van der Waals surface area contributed by atoms with Crippen LogP contribution in [0.5, 0.6) is 0 Å². The van der Waals surface area contributed by atoms with Crippen LogP contribution >= 0.6 is 0 Å². The monoisotopic (exact) mass is 336 g/mol. The lowest BCUT2D eigenvalue weighted by atomic mass is 9.96. The van der Waals surface area contributed by atoms with Crippen molar-refractivity contribution in [3.05, 3.63) is 47.0 Å². The van der Waals surface area contributed by atoms with Gasteiger partial charge in [-0.25, -0.2) is 4.39 Å². The fraction of sp³-hybridized carbons (Fsp3) is 0.412. The van der Waals surface area contributed by atoms with E-state index in [0.717, 1.165) is 0 Å². The number of ketones is 1. The second kappa shape index (κ2) is 8.03. The first-order valence-corrected chi connectivity index (χ1v) is 7.79. The summed E-state index contributed by atoms with van der Waals surface area (Å²) < 4.78 is 13.6. The Morgan fingerprint density at radius 1 is 1.38 bits per heavy atom. The van der Waals surface area contributed by atoms with Gasteiger partial charge < -0.3 is 20.4 Å². The third-order valence-corrected chi connectivity index (χ3v) is 3.89. The van der Waals surface area contributed by atoms with Crippen molar-refractivity contribution in [3.8, 4) is 0 Å². The first-order chi connectivity index (χ1) is 11.5. The molecule has 0 aromatic heterocycles. The van der Waals surface area contributed by atoms with Gasteiger partial charge in [0.2, 0.25) is 0 Å². The van der Waals surface area contributed by atoms with Gasteiger partial charge in [0, 0.05) is 13.1 Å². The molecule has 24 heavy (non-hydrogen) atoms. The number of nitrogens with zero attached hydrogens (tertiary/aromatic N) is 1. The molecule has 0 spiro atoms. The normalized spacial score (nSPS) is 17.7. The standard InChI is InChI=1S/C17H21FN2O4/c1-11(22)14-15(12-4-2-5-13(18)10-12)20(17(24)16(14)23)8-3-6-19-7-9-21/h2,4-5,10,15,19,21,23H,3,6-9H2,1H3/t15-/m0/s1. The molecule has 1 aromatic carbocycles. The van der Waals surface area contributed by atoms with Crippen LogP contribution in [-0.2, 0) is 9.59 Å². The molecule has 130 valence electrons. The highest BCUT2D eigenvalue weighted by Gasteiger charge is 2.42. The van der Waals surface area contributed by atoms with Gasteiger partial charge in [-0.2, -0.15) is 0 Å². The number of aliphatic hydroxyl groups is 2. The van der Waals surface area contributed by atoms with Crippen LogP contribution in [0.3, 0.4) is 0 Å². The number of nitrogens with one attached hydrogen (secondary N) is 1. The van der Waals surface area contributed by atoms with E-state index in [0.29, 0.717) is 31.6 Å². The number of hydrogen-bond acceptors (Lipinski definition) is 5. The maximum Gasteiger partial charge on any atom is 0.290 e. The van der Waals surface area contributed by atoms with Crippen molar-refractivity contribution in [1.29, 1.82) is 0 Å². The van der Waals surface area contributed by atoms with Crippen LogP contribution in [0, 0.1) is 5.82 Å². The Balaban J connectivity index is 2.25. The number of rotatable bonds is 8. The molecule has 0 fully saturated rings. The molecule has 0 aliphatic carbocycles. The van der Waals surface area contributed by atoms with E-state index in [2.05, 4.69) is 5.32 Å². The van der Waals surface area contributed by atoms with E-state index in [1.165, 1.54) is 30.0 Å². The summed E-state index contributed by atoms with van der Waals surface area (Å²) in [5, 5.41) is 21.8. The highest BCUT2D eigenvalue weighted by atomic mass is 19.1. The topological polar surface area (TPSA) is 89.9 Å². The fourth-order valence-corrected chi connectivity index (χ4v) is 2.85. The van der Waals surface area contributed by atoms with E-state index >= 15 is 0 Å². The Hall–Kier alpha value is -2.25. The lowest BCUT2D eigenvalue weighted by Gasteiger charge is -2.26. The van der Waals surface area contributed by atoms with Crippen molar-refractivity contribution in [1.82, 2.24) is 10.2 Å². The minimum atomic E-state index is -0.788. The van der Waals surface area contributed by atoms with Crippen LogP contribution < -0.4 is 5.32 Å². The lowest BCUT2D eigenvalue weighted by molar-refractivity contribution is -0.129. The maximum atomic E-state index is 13.6. The van der Waals surface area contributed by atoms with Crippen molar-refractivity contribution < 1.29 is 24.2 Å². The van der Waals surface area contributed by atoms with E-state index in [4.69, 9.17) is 5.11 Å². The molecular formula is C17H21FN2O4. The first-order valence-electron chi connectivity index (χ1n) is 7.79. The van der Waals surface area contributed by atoms with E-state index in [1.54, 1.807) is 6.07 Å². The largest absolute Gasteiger partial charge is 0.503 e. The summed E-state index contributed by atoms with van der Waals surface area (Å²) in [6.07, 6.45) is 0.565. The Morgan fingerprint density at radius 3 is 2.75 bits per heavy atom. The predicted octanol–water partition coefficient (Wildman–Crippen LogP) is 1.08. The number of carbonyl (C=O) groups excluding carboxylic acids is 2. The molecule has 0 radical (unpaired) electrons. The fourth-order valence-electron chi connectivity index (χ4n) is 2.85. The third kappa shape index (κ3) is 3.80.